The lowest BCUT2D eigenvalue weighted by molar-refractivity contribution is 0.0589. The summed E-state index contributed by atoms with van der Waals surface area (Å²) in [5.74, 6) is 1.76. The summed E-state index contributed by atoms with van der Waals surface area (Å²) < 4.78 is 17.3. The van der Waals surface area contributed by atoms with Crippen LogP contribution in [0.3, 0.4) is 0 Å². The molecule has 1 aromatic heterocycles. The molecule has 1 saturated heterocycles. The van der Waals surface area contributed by atoms with Crippen LogP contribution < -0.4 is 14.2 Å². The van der Waals surface area contributed by atoms with Gasteiger partial charge < -0.3 is 19.1 Å². The molecule has 3 rings (SSSR count). The summed E-state index contributed by atoms with van der Waals surface area (Å²) in [6, 6.07) is 9.29. The lowest BCUT2D eigenvalue weighted by Gasteiger charge is -2.32. The average molecular weight is 419 g/mol. The number of likely N-dealkylation sites (tertiary alicyclic amines) is 1. The zero-order chi connectivity index (χ0) is 20.8. The molecule has 6 nitrogen and oxygen atoms in total. The fraction of sp³-hybridized carbons (Fsp3) is 0.455. The summed E-state index contributed by atoms with van der Waals surface area (Å²) in [6.07, 6.45) is 3.04. The van der Waals surface area contributed by atoms with Crippen LogP contribution in [0.1, 0.15) is 44.0 Å². The lowest BCUT2D eigenvalue weighted by Crippen LogP contribution is -2.41. The summed E-state index contributed by atoms with van der Waals surface area (Å²) in [4.78, 5) is 18.8. The number of halogens is 1. The van der Waals surface area contributed by atoms with Crippen LogP contribution in [0.2, 0.25) is 5.02 Å². The van der Waals surface area contributed by atoms with Crippen LogP contribution in [0.5, 0.6) is 17.4 Å². The number of ether oxygens (including phenoxy) is 3. The third kappa shape index (κ3) is 5.54. The Kier molecular flexibility index (Phi) is 7.20. The molecule has 0 atom stereocenters. The molecule has 1 aromatic carbocycles. The summed E-state index contributed by atoms with van der Waals surface area (Å²) in [7, 11) is 0. The van der Waals surface area contributed by atoms with Crippen LogP contribution in [0, 0.1) is 0 Å². The van der Waals surface area contributed by atoms with Gasteiger partial charge >= 0.3 is 0 Å². The predicted molar refractivity (Wildman–Crippen MR) is 112 cm³/mol. The summed E-state index contributed by atoms with van der Waals surface area (Å²) in [6.45, 7) is 7.56. The number of benzene rings is 1. The summed E-state index contributed by atoms with van der Waals surface area (Å²) >= 11 is 6.22. The van der Waals surface area contributed by atoms with Gasteiger partial charge in [-0.3, -0.25) is 4.79 Å². The minimum atomic E-state index is -0.0799. The van der Waals surface area contributed by atoms with Gasteiger partial charge in [0.15, 0.2) is 11.5 Å². The molecule has 0 unspecified atom stereocenters. The first-order valence-corrected chi connectivity index (χ1v) is 10.4. The Balaban J connectivity index is 1.58. The maximum Gasteiger partial charge on any atom is 0.255 e. The van der Waals surface area contributed by atoms with Crippen molar-refractivity contribution in [3.63, 3.8) is 0 Å². The average Bonchev–Trinajstić information content (AvgIpc) is 2.71. The predicted octanol–water partition coefficient (Wildman–Crippen LogP) is 4.60. The van der Waals surface area contributed by atoms with Crippen molar-refractivity contribution in [1.29, 1.82) is 0 Å². The Hall–Kier alpha value is -2.47. The van der Waals surface area contributed by atoms with E-state index in [9.17, 15) is 4.79 Å². The number of aromatic nitrogens is 1. The molecule has 0 N–H and O–H groups in total. The largest absolute Gasteiger partial charge is 0.490 e. The molecule has 1 amide bonds. The summed E-state index contributed by atoms with van der Waals surface area (Å²) in [5.41, 5.74) is 0.465. The number of hydrogen-bond donors (Lipinski definition) is 0. The van der Waals surface area contributed by atoms with E-state index in [2.05, 4.69) is 4.98 Å². The van der Waals surface area contributed by atoms with Crippen LogP contribution in [-0.4, -0.2) is 47.7 Å². The fourth-order valence-electron chi connectivity index (χ4n) is 3.21. The number of nitrogens with zero attached hydrogens (tertiary/aromatic N) is 2. The molecule has 1 fully saturated rings. The molecule has 156 valence electrons. The quantitative estimate of drug-likeness (QED) is 0.657. The van der Waals surface area contributed by atoms with E-state index in [4.69, 9.17) is 25.8 Å². The summed E-state index contributed by atoms with van der Waals surface area (Å²) in [5, 5.41) is 0.343. The van der Waals surface area contributed by atoms with Crippen molar-refractivity contribution >= 4 is 17.5 Å². The molecule has 0 saturated carbocycles. The molecule has 2 heterocycles. The molecule has 0 radical (unpaired) electrons. The van der Waals surface area contributed by atoms with Gasteiger partial charge in [0.2, 0.25) is 5.88 Å². The zero-order valence-corrected chi connectivity index (χ0v) is 17.8. The van der Waals surface area contributed by atoms with E-state index in [1.54, 1.807) is 6.07 Å². The molecule has 29 heavy (non-hydrogen) atoms. The van der Waals surface area contributed by atoms with Gasteiger partial charge in [-0.1, -0.05) is 23.7 Å². The van der Waals surface area contributed by atoms with Gasteiger partial charge in [-0.05, 0) is 39.0 Å². The Labute approximate surface area is 176 Å². The Bertz CT molecular complexity index is 835. The fourth-order valence-corrected chi connectivity index (χ4v) is 3.42. The van der Waals surface area contributed by atoms with Crippen molar-refractivity contribution in [2.45, 2.75) is 45.8 Å². The van der Waals surface area contributed by atoms with Crippen LogP contribution in [-0.2, 0) is 0 Å². The second-order valence-electron chi connectivity index (χ2n) is 7.17. The van der Waals surface area contributed by atoms with E-state index in [1.807, 2.05) is 49.9 Å². The SMILES string of the molecule is CCOc1ccccc1OC1CCN(C(=O)c2cnc(OC(C)C)c(Cl)c2)CC1. The van der Waals surface area contributed by atoms with E-state index in [0.29, 0.717) is 36.2 Å². The molecule has 7 heteroatoms. The van der Waals surface area contributed by atoms with Crippen LogP contribution in [0.4, 0.5) is 0 Å². The first-order valence-electron chi connectivity index (χ1n) is 9.98. The van der Waals surface area contributed by atoms with Crippen LogP contribution in [0.25, 0.3) is 0 Å². The molecule has 2 aromatic rings. The maximum atomic E-state index is 12.8. The highest BCUT2D eigenvalue weighted by Crippen LogP contribution is 2.30. The van der Waals surface area contributed by atoms with Crippen molar-refractivity contribution in [2.75, 3.05) is 19.7 Å². The van der Waals surface area contributed by atoms with Gasteiger partial charge in [-0.2, -0.15) is 0 Å². The van der Waals surface area contributed by atoms with E-state index >= 15 is 0 Å². The second-order valence-corrected chi connectivity index (χ2v) is 7.57. The van der Waals surface area contributed by atoms with Crippen LogP contribution >= 0.6 is 11.6 Å². The number of amides is 1. The third-order valence-electron chi connectivity index (χ3n) is 4.57. The lowest BCUT2D eigenvalue weighted by atomic mass is 10.1. The van der Waals surface area contributed by atoms with Gasteiger partial charge in [0.25, 0.3) is 5.91 Å². The van der Waals surface area contributed by atoms with Gasteiger partial charge in [0.05, 0.1) is 18.3 Å². The molecular weight excluding hydrogens is 392 g/mol. The van der Waals surface area contributed by atoms with Gasteiger partial charge in [-0.25, -0.2) is 4.98 Å². The first-order chi connectivity index (χ1) is 14.0. The van der Waals surface area contributed by atoms with E-state index in [0.717, 1.165) is 24.3 Å². The number of pyridine rings is 1. The smallest absolute Gasteiger partial charge is 0.255 e. The minimum absolute atomic E-state index is 0.0339. The number of hydrogen-bond acceptors (Lipinski definition) is 5. The number of piperidine rings is 1. The zero-order valence-electron chi connectivity index (χ0n) is 17.1. The number of para-hydroxylation sites is 2. The highest BCUT2D eigenvalue weighted by Gasteiger charge is 2.26. The van der Waals surface area contributed by atoms with Crippen molar-refractivity contribution in [3.05, 3.63) is 47.1 Å². The van der Waals surface area contributed by atoms with Gasteiger partial charge in [0, 0.05) is 32.1 Å². The topological polar surface area (TPSA) is 60.9 Å². The Morgan fingerprint density at radius 1 is 1.24 bits per heavy atom. The maximum absolute atomic E-state index is 12.8. The Morgan fingerprint density at radius 3 is 2.55 bits per heavy atom. The van der Waals surface area contributed by atoms with E-state index < -0.39 is 0 Å². The highest BCUT2D eigenvalue weighted by atomic mass is 35.5. The molecular formula is C22H27ClN2O4. The van der Waals surface area contributed by atoms with Crippen molar-refractivity contribution in [3.8, 4) is 17.4 Å². The molecule has 0 bridgehead atoms. The number of carbonyl (C=O) groups excluding carboxylic acids is 1. The normalized spacial score (nSPS) is 14.7. The molecule has 1 aliphatic rings. The second kappa shape index (κ2) is 9.83. The minimum Gasteiger partial charge on any atom is -0.490 e. The van der Waals surface area contributed by atoms with Crippen molar-refractivity contribution in [1.82, 2.24) is 9.88 Å². The van der Waals surface area contributed by atoms with E-state index in [-0.39, 0.29) is 18.1 Å². The van der Waals surface area contributed by atoms with Crippen LogP contribution in [0.15, 0.2) is 36.5 Å². The molecule has 1 aliphatic heterocycles. The monoisotopic (exact) mass is 418 g/mol. The van der Waals surface area contributed by atoms with E-state index in [1.165, 1.54) is 6.20 Å². The molecule has 0 spiro atoms. The third-order valence-corrected chi connectivity index (χ3v) is 4.84. The first kappa shape index (κ1) is 21.2. The van der Waals surface area contributed by atoms with Gasteiger partial charge in [0.1, 0.15) is 11.1 Å². The van der Waals surface area contributed by atoms with Crippen molar-refractivity contribution in [2.24, 2.45) is 0 Å². The van der Waals surface area contributed by atoms with Crippen molar-refractivity contribution < 1.29 is 19.0 Å². The standard InChI is InChI=1S/C22H27ClN2O4/c1-4-27-19-7-5-6-8-20(19)29-17-9-11-25(12-10-17)22(26)16-13-18(23)21(24-14-16)28-15(2)3/h5-8,13-15,17H,4,9-12H2,1-3H3. The molecule has 0 aliphatic carbocycles. The highest BCUT2D eigenvalue weighted by molar-refractivity contribution is 6.32. The van der Waals surface area contributed by atoms with Gasteiger partial charge in [-0.15, -0.1) is 0 Å². The number of rotatable bonds is 7. The Morgan fingerprint density at radius 2 is 1.93 bits per heavy atom. The number of carbonyl (C=O) groups is 1.